The van der Waals surface area contributed by atoms with Crippen molar-refractivity contribution in [2.24, 2.45) is 0 Å². The highest BCUT2D eigenvalue weighted by Gasteiger charge is 2.10. The van der Waals surface area contributed by atoms with Gasteiger partial charge in [0.2, 0.25) is 0 Å². The first-order valence-electron chi connectivity index (χ1n) is 7.10. The van der Waals surface area contributed by atoms with E-state index in [2.05, 4.69) is 21.3 Å². The predicted octanol–water partition coefficient (Wildman–Crippen LogP) is 2.36. The highest BCUT2D eigenvalue weighted by molar-refractivity contribution is 5.46. The third-order valence-electron chi connectivity index (χ3n) is 3.22. The molecule has 2 aromatic heterocycles. The number of ether oxygens (including phenoxy) is 1. The maximum Gasteiger partial charge on any atom is 0.133 e. The molecule has 0 atom stereocenters. The van der Waals surface area contributed by atoms with E-state index in [1.54, 1.807) is 7.11 Å². The van der Waals surface area contributed by atoms with Gasteiger partial charge in [0, 0.05) is 39.0 Å². The minimum absolute atomic E-state index is 0.704. The van der Waals surface area contributed by atoms with Crippen molar-refractivity contribution in [1.82, 2.24) is 10.3 Å². The van der Waals surface area contributed by atoms with Gasteiger partial charge in [-0.05, 0) is 25.1 Å². The second-order valence-electron chi connectivity index (χ2n) is 5.02. The van der Waals surface area contributed by atoms with E-state index in [4.69, 9.17) is 9.15 Å². The molecular weight excluding hydrogens is 266 g/mol. The van der Waals surface area contributed by atoms with Crippen LogP contribution in [0.5, 0.6) is 0 Å². The highest BCUT2D eigenvalue weighted by atomic mass is 16.5. The number of hydrogen-bond donors (Lipinski definition) is 1. The Morgan fingerprint density at radius 1 is 1.33 bits per heavy atom. The molecule has 1 N–H and O–H groups in total. The Labute approximate surface area is 125 Å². The van der Waals surface area contributed by atoms with Gasteiger partial charge in [0.15, 0.2) is 0 Å². The van der Waals surface area contributed by atoms with E-state index >= 15 is 0 Å². The van der Waals surface area contributed by atoms with E-state index in [1.165, 1.54) is 5.56 Å². The van der Waals surface area contributed by atoms with E-state index in [0.29, 0.717) is 13.2 Å². The summed E-state index contributed by atoms with van der Waals surface area (Å²) < 4.78 is 10.7. The molecule has 2 aromatic rings. The third-order valence-corrected chi connectivity index (χ3v) is 3.22. The lowest BCUT2D eigenvalue weighted by Gasteiger charge is -2.20. The van der Waals surface area contributed by atoms with Crippen LogP contribution in [0, 0.1) is 6.92 Å². The first-order valence-corrected chi connectivity index (χ1v) is 7.10. The first-order chi connectivity index (χ1) is 10.2. The van der Waals surface area contributed by atoms with Gasteiger partial charge < -0.3 is 19.4 Å². The molecule has 0 saturated carbocycles. The quantitative estimate of drug-likeness (QED) is 0.756. The van der Waals surface area contributed by atoms with Crippen molar-refractivity contribution in [1.29, 1.82) is 0 Å². The standard InChI is InChI=1S/C16H23N3O2/c1-13-6-7-15(21-13)12-19(2)16-14(5-4-8-18-16)11-17-9-10-20-3/h4-8,17H,9-12H2,1-3H3. The van der Waals surface area contributed by atoms with Crippen LogP contribution in [0.3, 0.4) is 0 Å². The fraction of sp³-hybridized carbons (Fsp3) is 0.438. The van der Waals surface area contributed by atoms with Crippen LogP contribution in [0.4, 0.5) is 5.82 Å². The van der Waals surface area contributed by atoms with Gasteiger partial charge in [-0.25, -0.2) is 4.98 Å². The van der Waals surface area contributed by atoms with Crippen LogP contribution in [0.15, 0.2) is 34.9 Å². The number of aromatic nitrogens is 1. The molecule has 5 nitrogen and oxygen atoms in total. The number of hydrogen-bond acceptors (Lipinski definition) is 5. The van der Waals surface area contributed by atoms with Crippen LogP contribution in [0.1, 0.15) is 17.1 Å². The molecule has 0 bridgehead atoms. The second-order valence-corrected chi connectivity index (χ2v) is 5.02. The van der Waals surface area contributed by atoms with Gasteiger partial charge in [0.05, 0.1) is 13.2 Å². The number of nitrogens with zero attached hydrogens (tertiary/aromatic N) is 2. The fourth-order valence-electron chi connectivity index (χ4n) is 2.19. The molecule has 114 valence electrons. The summed E-state index contributed by atoms with van der Waals surface area (Å²) in [6.45, 7) is 4.96. The summed E-state index contributed by atoms with van der Waals surface area (Å²) in [5, 5.41) is 3.35. The number of methoxy groups -OCH3 is 1. The average Bonchev–Trinajstić information content (AvgIpc) is 2.89. The lowest BCUT2D eigenvalue weighted by Crippen LogP contribution is -2.23. The van der Waals surface area contributed by atoms with Crippen molar-refractivity contribution in [3.8, 4) is 0 Å². The van der Waals surface area contributed by atoms with Gasteiger partial charge in [-0.3, -0.25) is 0 Å². The summed E-state index contributed by atoms with van der Waals surface area (Å²) >= 11 is 0. The van der Waals surface area contributed by atoms with Crippen molar-refractivity contribution < 1.29 is 9.15 Å². The molecule has 0 spiro atoms. The van der Waals surface area contributed by atoms with E-state index in [0.717, 1.165) is 30.4 Å². The van der Waals surface area contributed by atoms with Crippen LogP contribution in [-0.2, 0) is 17.8 Å². The van der Waals surface area contributed by atoms with E-state index in [-0.39, 0.29) is 0 Å². The van der Waals surface area contributed by atoms with Crippen LogP contribution in [0.2, 0.25) is 0 Å². The first kappa shape index (κ1) is 15.5. The zero-order valence-electron chi connectivity index (χ0n) is 12.9. The molecule has 0 aliphatic heterocycles. The third kappa shape index (κ3) is 4.58. The Hall–Kier alpha value is -1.85. The summed E-state index contributed by atoms with van der Waals surface area (Å²) in [4.78, 5) is 6.60. The molecule has 0 aliphatic carbocycles. The maximum absolute atomic E-state index is 5.63. The minimum Gasteiger partial charge on any atom is -0.464 e. The van der Waals surface area contributed by atoms with Crippen molar-refractivity contribution in [2.45, 2.75) is 20.0 Å². The maximum atomic E-state index is 5.63. The van der Waals surface area contributed by atoms with E-state index in [1.807, 2.05) is 38.4 Å². The molecule has 0 saturated heterocycles. The molecule has 0 fully saturated rings. The van der Waals surface area contributed by atoms with Crippen LogP contribution < -0.4 is 10.2 Å². The van der Waals surface area contributed by atoms with Gasteiger partial charge in [0.25, 0.3) is 0 Å². The Morgan fingerprint density at radius 3 is 2.90 bits per heavy atom. The summed E-state index contributed by atoms with van der Waals surface area (Å²) in [6, 6.07) is 8.04. The van der Waals surface area contributed by atoms with Crippen molar-refractivity contribution >= 4 is 5.82 Å². The Bertz CT molecular complexity index is 554. The van der Waals surface area contributed by atoms with E-state index in [9.17, 15) is 0 Å². The van der Waals surface area contributed by atoms with Crippen molar-refractivity contribution in [2.75, 3.05) is 32.2 Å². The van der Waals surface area contributed by atoms with Gasteiger partial charge in [0.1, 0.15) is 17.3 Å². The number of rotatable bonds is 8. The molecule has 2 rings (SSSR count). The number of aryl methyl sites for hydroxylation is 1. The Balaban J connectivity index is 2.00. The minimum atomic E-state index is 0.704. The fourth-order valence-corrected chi connectivity index (χ4v) is 2.19. The molecule has 5 heteroatoms. The predicted molar refractivity (Wildman–Crippen MR) is 83.4 cm³/mol. The second kappa shape index (κ2) is 7.81. The molecule has 2 heterocycles. The lowest BCUT2D eigenvalue weighted by molar-refractivity contribution is 0.199. The normalized spacial score (nSPS) is 10.8. The zero-order chi connectivity index (χ0) is 15.1. The lowest BCUT2D eigenvalue weighted by atomic mass is 10.2. The van der Waals surface area contributed by atoms with Crippen LogP contribution in [-0.4, -0.2) is 32.3 Å². The number of furan rings is 1. The van der Waals surface area contributed by atoms with Gasteiger partial charge >= 0.3 is 0 Å². The molecule has 21 heavy (non-hydrogen) atoms. The number of anilines is 1. The summed E-state index contributed by atoms with van der Waals surface area (Å²) in [7, 11) is 3.73. The summed E-state index contributed by atoms with van der Waals surface area (Å²) in [6.07, 6.45) is 1.82. The zero-order valence-corrected chi connectivity index (χ0v) is 12.9. The topological polar surface area (TPSA) is 50.5 Å². The van der Waals surface area contributed by atoms with Crippen molar-refractivity contribution in [3.63, 3.8) is 0 Å². The molecule has 0 aromatic carbocycles. The van der Waals surface area contributed by atoms with Gasteiger partial charge in [-0.1, -0.05) is 6.07 Å². The van der Waals surface area contributed by atoms with Crippen LogP contribution >= 0.6 is 0 Å². The summed E-state index contributed by atoms with van der Waals surface area (Å²) in [5.41, 5.74) is 1.17. The van der Waals surface area contributed by atoms with Gasteiger partial charge in [-0.15, -0.1) is 0 Å². The van der Waals surface area contributed by atoms with E-state index < -0.39 is 0 Å². The molecule has 0 radical (unpaired) electrons. The smallest absolute Gasteiger partial charge is 0.133 e. The highest BCUT2D eigenvalue weighted by Crippen LogP contribution is 2.18. The molecule has 0 unspecified atom stereocenters. The van der Waals surface area contributed by atoms with Crippen molar-refractivity contribution in [3.05, 3.63) is 47.5 Å². The molecule has 0 aliphatic rings. The molecule has 0 amide bonds. The Kier molecular flexibility index (Phi) is 5.78. The number of pyridine rings is 1. The summed E-state index contributed by atoms with van der Waals surface area (Å²) in [5.74, 6) is 2.84. The average molecular weight is 289 g/mol. The monoisotopic (exact) mass is 289 g/mol. The molecular formula is C16H23N3O2. The van der Waals surface area contributed by atoms with Crippen LogP contribution in [0.25, 0.3) is 0 Å². The number of nitrogens with one attached hydrogen (secondary N) is 1. The van der Waals surface area contributed by atoms with Gasteiger partial charge in [-0.2, -0.15) is 0 Å². The largest absolute Gasteiger partial charge is 0.464 e. The Morgan fingerprint density at radius 2 is 2.19 bits per heavy atom. The SMILES string of the molecule is COCCNCc1cccnc1N(C)Cc1ccc(C)o1.